The third kappa shape index (κ3) is 2.71. The van der Waals surface area contributed by atoms with Gasteiger partial charge in [-0.3, -0.25) is 0 Å². The Hall–Kier alpha value is -1.23. The van der Waals surface area contributed by atoms with Gasteiger partial charge < -0.3 is 10.1 Å². The number of nitrogens with one attached hydrogen (secondary N) is 1. The van der Waals surface area contributed by atoms with Crippen LogP contribution < -0.4 is 5.32 Å². The Morgan fingerprint density at radius 1 is 1.53 bits per heavy atom. The first-order valence-electron chi connectivity index (χ1n) is 6.23. The summed E-state index contributed by atoms with van der Waals surface area (Å²) in [5.41, 5.74) is 0.678. The van der Waals surface area contributed by atoms with Gasteiger partial charge in [0.2, 0.25) is 0 Å². The van der Waals surface area contributed by atoms with Crippen molar-refractivity contribution in [3.63, 3.8) is 0 Å². The molecule has 1 N–H and O–H groups in total. The van der Waals surface area contributed by atoms with Crippen molar-refractivity contribution in [1.82, 2.24) is 0 Å². The van der Waals surface area contributed by atoms with E-state index in [9.17, 15) is 9.18 Å². The van der Waals surface area contributed by atoms with E-state index in [1.165, 1.54) is 19.2 Å². The largest absolute Gasteiger partial charge is 0.467 e. The maximum atomic E-state index is 13.4. The predicted octanol–water partition coefficient (Wildman–Crippen LogP) is 2.98. The first kappa shape index (κ1) is 14.2. The number of ether oxygens (including phenoxy) is 1. The van der Waals surface area contributed by atoms with Crippen molar-refractivity contribution >= 4 is 23.4 Å². The van der Waals surface area contributed by atoms with Gasteiger partial charge in [0.1, 0.15) is 11.4 Å². The number of carbonyl (C=O) groups excluding carboxylic acids is 1. The van der Waals surface area contributed by atoms with Gasteiger partial charge in [-0.2, -0.15) is 11.8 Å². The average molecular weight is 283 g/mol. The van der Waals surface area contributed by atoms with Crippen LogP contribution in [0.3, 0.4) is 0 Å². The standard InChI is InChI=1S/C14H18FNO2S/c1-9-6-11(15)8-12(7-9)16-14(13(17)18-3)4-5-19-10(14)2/h6-8,10,16H,4-5H2,1-3H3. The number of halogens is 1. The van der Waals surface area contributed by atoms with Gasteiger partial charge in [-0.05, 0) is 42.9 Å². The fraction of sp³-hybridized carbons (Fsp3) is 0.500. The number of hydrogen-bond acceptors (Lipinski definition) is 4. The number of aryl methyl sites for hydroxylation is 1. The van der Waals surface area contributed by atoms with Crippen LogP contribution in [0.25, 0.3) is 0 Å². The Kier molecular flexibility index (Phi) is 4.04. The van der Waals surface area contributed by atoms with Crippen molar-refractivity contribution in [3.05, 3.63) is 29.6 Å². The number of hydrogen-bond donors (Lipinski definition) is 1. The molecule has 19 heavy (non-hydrogen) atoms. The fourth-order valence-electron chi connectivity index (χ4n) is 2.47. The molecule has 0 amide bonds. The molecule has 1 saturated heterocycles. The molecular weight excluding hydrogens is 265 g/mol. The molecule has 0 aliphatic carbocycles. The highest BCUT2D eigenvalue weighted by Gasteiger charge is 2.48. The summed E-state index contributed by atoms with van der Waals surface area (Å²) in [6.07, 6.45) is 0.682. The van der Waals surface area contributed by atoms with Crippen molar-refractivity contribution in [2.24, 2.45) is 0 Å². The summed E-state index contributed by atoms with van der Waals surface area (Å²) >= 11 is 1.72. The number of carbonyl (C=O) groups is 1. The van der Waals surface area contributed by atoms with Crippen molar-refractivity contribution in [1.29, 1.82) is 0 Å². The molecule has 0 bridgehead atoms. The highest BCUT2D eigenvalue weighted by Crippen LogP contribution is 2.39. The molecule has 0 saturated carbocycles. The Morgan fingerprint density at radius 2 is 2.26 bits per heavy atom. The van der Waals surface area contributed by atoms with Gasteiger partial charge >= 0.3 is 5.97 Å². The van der Waals surface area contributed by atoms with Crippen LogP contribution in [0.4, 0.5) is 10.1 Å². The van der Waals surface area contributed by atoms with E-state index in [1.807, 2.05) is 19.9 Å². The second-order valence-electron chi connectivity index (χ2n) is 4.87. The van der Waals surface area contributed by atoms with Gasteiger partial charge in [0.05, 0.1) is 7.11 Å². The van der Waals surface area contributed by atoms with Crippen LogP contribution in [0.1, 0.15) is 18.9 Å². The summed E-state index contributed by atoms with van der Waals surface area (Å²) in [7, 11) is 1.39. The van der Waals surface area contributed by atoms with E-state index in [4.69, 9.17) is 4.74 Å². The Morgan fingerprint density at radius 3 is 2.79 bits per heavy atom. The molecule has 0 spiro atoms. The number of methoxy groups -OCH3 is 1. The van der Waals surface area contributed by atoms with Crippen LogP contribution in [-0.4, -0.2) is 29.6 Å². The van der Waals surface area contributed by atoms with Crippen molar-refractivity contribution in [2.45, 2.75) is 31.1 Å². The van der Waals surface area contributed by atoms with Gasteiger partial charge in [-0.25, -0.2) is 9.18 Å². The van der Waals surface area contributed by atoms with Crippen LogP contribution >= 0.6 is 11.8 Å². The summed E-state index contributed by atoms with van der Waals surface area (Å²) in [6, 6.07) is 4.71. The molecule has 3 nitrogen and oxygen atoms in total. The fourth-order valence-corrected chi connectivity index (χ4v) is 3.82. The first-order chi connectivity index (χ1) is 8.98. The van der Waals surface area contributed by atoms with E-state index in [0.29, 0.717) is 12.1 Å². The van der Waals surface area contributed by atoms with Crippen LogP contribution in [0.15, 0.2) is 18.2 Å². The predicted molar refractivity (Wildman–Crippen MR) is 76.0 cm³/mol. The highest BCUT2D eigenvalue weighted by molar-refractivity contribution is 8.00. The van der Waals surface area contributed by atoms with Crippen LogP contribution in [0, 0.1) is 12.7 Å². The monoisotopic (exact) mass is 283 g/mol. The van der Waals surface area contributed by atoms with Crippen LogP contribution in [0.2, 0.25) is 0 Å². The Labute approximate surface area is 116 Å². The molecule has 1 aliphatic heterocycles. The van der Waals surface area contributed by atoms with Gasteiger partial charge in [0.15, 0.2) is 0 Å². The van der Waals surface area contributed by atoms with E-state index < -0.39 is 5.54 Å². The van der Waals surface area contributed by atoms with Crippen molar-refractivity contribution in [3.8, 4) is 0 Å². The van der Waals surface area contributed by atoms with E-state index in [-0.39, 0.29) is 17.0 Å². The second-order valence-corrected chi connectivity index (χ2v) is 6.32. The van der Waals surface area contributed by atoms with Crippen molar-refractivity contribution in [2.75, 3.05) is 18.2 Å². The van der Waals surface area contributed by atoms with E-state index >= 15 is 0 Å². The minimum atomic E-state index is -0.764. The van der Waals surface area contributed by atoms with Crippen LogP contribution in [-0.2, 0) is 9.53 Å². The number of esters is 1. The molecule has 1 aromatic carbocycles. The lowest BCUT2D eigenvalue weighted by Gasteiger charge is -2.32. The molecule has 2 rings (SSSR count). The molecule has 2 atom stereocenters. The van der Waals surface area contributed by atoms with Gasteiger partial charge in [-0.1, -0.05) is 6.92 Å². The highest BCUT2D eigenvalue weighted by atomic mass is 32.2. The molecule has 1 aliphatic rings. The van der Waals surface area contributed by atoms with E-state index in [1.54, 1.807) is 11.8 Å². The molecule has 2 unspecified atom stereocenters. The SMILES string of the molecule is COC(=O)C1(Nc2cc(C)cc(F)c2)CCSC1C. The third-order valence-electron chi connectivity index (χ3n) is 3.52. The third-order valence-corrected chi connectivity index (χ3v) is 4.86. The first-order valence-corrected chi connectivity index (χ1v) is 7.28. The molecule has 0 aromatic heterocycles. The van der Waals surface area contributed by atoms with Gasteiger partial charge in [0, 0.05) is 10.9 Å². The summed E-state index contributed by atoms with van der Waals surface area (Å²) in [5.74, 6) is 0.296. The second kappa shape index (κ2) is 5.41. The van der Waals surface area contributed by atoms with E-state index in [0.717, 1.165) is 11.3 Å². The minimum absolute atomic E-state index is 0.0866. The number of thioether (sulfide) groups is 1. The lowest BCUT2D eigenvalue weighted by atomic mass is 9.92. The van der Waals surface area contributed by atoms with Gasteiger partial charge in [0.25, 0.3) is 0 Å². The lowest BCUT2D eigenvalue weighted by molar-refractivity contribution is -0.145. The normalized spacial score (nSPS) is 26.2. The number of anilines is 1. The lowest BCUT2D eigenvalue weighted by Crippen LogP contribution is -2.51. The van der Waals surface area contributed by atoms with Crippen LogP contribution in [0.5, 0.6) is 0 Å². The summed E-state index contributed by atoms with van der Waals surface area (Å²) in [4.78, 5) is 12.1. The molecule has 1 fully saturated rings. The number of benzene rings is 1. The Bertz CT molecular complexity index is 474. The molecular formula is C14H18FNO2S. The number of rotatable bonds is 3. The zero-order chi connectivity index (χ0) is 14.0. The zero-order valence-corrected chi connectivity index (χ0v) is 12.1. The average Bonchev–Trinajstić information content (AvgIpc) is 2.69. The molecule has 1 aromatic rings. The molecule has 104 valence electrons. The Balaban J connectivity index is 2.33. The minimum Gasteiger partial charge on any atom is -0.467 e. The van der Waals surface area contributed by atoms with Gasteiger partial charge in [-0.15, -0.1) is 0 Å². The molecule has 5 heteroatoms. The quantitative estimate of drug-likeness (QED) is 0.866. The maximum absolute atomic E-state index is 13.4. The summed E-state index contributed by atoms with van der Waals surface area (Å²) < 4.78 is 18.4. The summed E-state index contributed by atoms with van der Waals surface area (Å²) in [5, 5.41) is 3.29. The molecule has 1 heterocycles. The zero-order valence-electron chi connectivity index (χ0n) is 11.3. The smallest absolute Gasteiger partial charge is 0.332 e. The van der Waals surface area contributed by atoms with Crippen molar-refractivity contribution < 1.29 is 13.9 Å². The van der Waals surface area contributed by atoms with E-state index in [2.05, 4.69) is 5.32 Å². The summed E-state index contributed by atoms with van der Waals surface area (Å²) in [6.45, 7) is 3.82. The molecule has 0 radical (unpaired) electrons. The topological polar surface area (TPSA) is 38.3 Å². The maximum Gasteiger partial charge on any atom is 0.332 e.